The highest BCUT2D eigenvalue weighted by atomic mass is 16.4. The lowest BCUT2D eigenvalue weighted by atomic mass is 10.2. The molecular weight excluding hydrogens is 246 g/mol. The Balaban J connectivity index is 3.27. The number of nitrogens with zero attached hydrogens (tertiary/aromatic N) is 2. The van der Waals surface area contributed by atoms with Crippen LogP contribution in [-0.2, 0) is 0 Å². The van der Waals surface area contributed by atoms with E-state index in [2.05, 4.69) is 33.2 Å². The molecule has 0 aliphatic heterocycles. The number of oxime groups is 2. The molecule has 112 valence electrons. The Bertz CT molecular complexity index is 269. The maximum absolute atomic E-state index is 8.72. The number of hydrogen-bond acceptors (Lipinski definition) is 7. The third-order valence-electron chi connectivity index (χ3n) is 2.52. The molecule has 0 amide bonds. The van der Waals surface area contributed by atoms with Gasteiger partial charge in [-0.25, -0.2) is 0 Å². The number of hydrogen-bond donors (Lipinski definition) is 5. The highest BCUT2D eigenvalue weighted by Crippen LogP contribution is 1.89. The molecule has 0 saturated heterocycles. The minimum Gasteiger partial charge on any atom is -0.411 e. The average molecular weight is 273 g/mol. The highest BCUT2D eigenvalue weighted by Gasteiger charge is 1.97. The van der Waals surface area contributed by atoms with Gasteiger partial charge in [0.05, 0.1) is 11.4 Å². The van der Waals surface area contributed by atoms with Gasteiger partial charge in [-0.2, -0.15) is 0 Å². The van der Waals surface area contributed by atoms with Crippen molar-refractivity contribution >= 4 is 11.4 Å². The van der Waals surface area contributed by atoms with Crippen LogP contribution in [0.15, 0.2) is 10.3 Å². The van der Waals surface area contributed by atoms with E-state index in [9.17, 15) is 0 Å². The molecule has 0 aliphatic carbocycles. The molecule has 0 spiro atoms. The van der Waals surface area contributed by atoms with Gasteiger partial charge in [0, 0.05) is 39.3 Å². The van der Waals surface area contributed by atoms with Crippen molar-refractivity contribution in [2.45, 2.75) is 26.7 Å². The van der Waals surface area contributed by atoms with E-state index in [1.165, 1.54) is 0 Å². The van der Waals surface area contributed by atoms with Crippen LogP contribution in [0.25, 0.3) is 0 Å². The molecule has 0 fully saturated rings. The van der Waals surface area contributed by atoms with Crippen LogP contribution in [0.4, 0.5) is 0 Å². The Kier molecular flexibility index (Phi) is 12.4. The molecule has 19 heavy (non-hydrogen) atoms. The molecule has 0 aromatic carbocycles. The van der Waals surface area contributed by atoms with Gasteiger partial charge < -0.3 is 26.4 Å². The molecular formula is C12H27N5O2. The van der Waals surface area contributed by atoms with E-state index < -0.39 is 0 Å². The van der Waals surface area contributed by atoms with Crippen molar-refractivity contribution < 1.29 is 10.4 Å². The van der Waals surface area contributed by atoms with Gasteiger partial charge in [0.15, 0.2) is 0 Å². The second-order valence-electron chi connectivity index (χ2n) is 4.36. The van der Waals surface area contributed by atoms with Gasteiger partial charge in [0.1, 0.15) is 0 Å². The van der Waals surface area contributed by atoms with E-state index in [1.807, 2.05) is 0 Å². The normalized spacial score (nSPS) is 12.9. The summed E-state index contributed by atoms with van der Waals surface area (Å²) >= 11 is 0. The topological polar surface area (TPSA) is 101 Å². The summed E-state index contributed by atoms with van der Waals surface area (Å²) in [6.45, 7) is 8.44. The zero-order chi connectivity index (χ0) is 14.3. The fourth-order valence-electron chi connectivity index (χ4n) is 1.48. The highest BCUT2D eigenvalue weighted by molar-refractivity contribution is 5.85. The average Bonchev–Trinajstić information content (AvgIpc) is 2.43. The maximum Gasteiger partial charge on any atom is 0.0708 e. The van der Waals surface area contributed by atoms with Crippen LogP contribution in [0.5, 0.6) is 0 Å². The van der Waals surface area contributed by atoms with Gasteiger partial charge in [0.2, 0.25) is 0 Å². The molecule has 7 nitrogen and oxygen atoms in total. The fourth-order valence-corrected chi connectivity index (χ4v) is 1.48. The Morgan fingerprint density at radius 2 is 1.47 bits per heavy atom. The smallest absolute Gasteiger partial charge is 0.0708 e. The molecule has 0 aromatic rings. The second kappa shape index (κ2) is 13.3. The fraction of sp³-hybridized carbons (Fsp3) is 0.833. The predicted molar refractivity (Wildman–Crippen MR) is 77.6 cm³/mol. The number of rotatable bonds is 12. The van der Waals surface area contributed by atoms with Crippen molar-refractivity contribution in [3.8, 4) is 0 Å². The van der Waals surface area contributed by atoms with Crippen LogP contribution >= 0.6 is 0 Å². The predicted octanol–water partition coefficient (Wildman–Crippen LogP) is 0.236. The van der Waals surface area contributed by atoms with Crippen LogP contribution in [0.3, 0.4) is 0 Å². The van der Waals surface area contributed by atoms with Gasteiger partial charge in [-0.15, -0.1) is 0 Å². The van der Waals surface area contributed by atoms with Crippen LogP contribution in [0, 0.1) is 0 Å². The van der Waals surface area contributed by atoms with Gasteiger partial charge in [-0.1, -0.05) is 23.7 Å². The third-order valence-corrected chi connectivity index (χ3v) is 2.52. The minimum atomic E-state index is 0.601. The van der Waals surface area contributed by atoms with Crippen molar-refractivity contribution in [2.24, 2.45) is 10.3 Å². The van der Waals surface area contributed by atoms with Crippen molar-refractivity contribution in [1.29, 1.82) is 0 Å². The Hall–Kier alpha value is -1.18. The standard InChI is InChI=1S/C12H27N5O2/c1-3-4-12(17-19)10-15-8-6-13-5-7-14-9-11(2)16-18/h13-15,18-19H,3-10H2,1-2H3. The minimum absolute atomic E-state index is 0.601. The first-order valence-corrected chi connectivity index (χ1v) is 6.74. The quantitative estimate of drug-likeness (QED) is 0.152. The third kappa shape index (κ3) is 11.6. The molecule has 0 atom stereocenters. The second-order valence-corrected chi connectivity index (χ2v) is 4.36. The molecule has 0 rings (SSSR count). The summed E-state index contributed by atoms with van der Waals surface area (Å²) in [5, 5.41) is 33.1. The molecule has 0 unspecified atom stereocenters. The van der Waals surface area contributed by atoms with E-state index in [1.54, 1.807) is 6.92 Å². The largest absolute Gasteiger partial charge is 0.411 e. The van der Waals surface area contributed by atoms with Crippen LogP contribution < -0.4 is 16.0 Å². The van der Waals surface area contributed by atoms with Gasteiger partial charge in [0.25, 0.3) is 0 Å². The van der Waals surface area contributed by atoms with Crippen molar-refractivity contribution in [3.05, 3.63) is 0 Å². The van der Waals surface area contributed by atoms with E-state index >= 15 is 0 Å². The molecule has 0 aromatic heterocycles. The molecule has 0 saturated carbocycles. The van der Waals surface area contributed by atoms with Crippen LogP contribution in [-0.4, -0.2) is 61.1 Å². The lowest BCUT2D eigenvalue weighted by molar-refractivity contribution is 0.316. The van der Waals surface area contributed by atoms with E-state index in [4.69, 9.17) is 10.4 Å². The van der Waals surface area contributed by atoms with Gasteiger partial charge in [-0.3, -0.25) is 0 Å². The summed E-state index contributed by atoms with van der Waals surface area (Å²) < 4.78 is 0. The monoisotopic (exact) mass is 273 g/mol. The molecule has 0 aliphatic rings. The lowest BCUT2D eigenvalue weighted by Gasteiger charge is -2.08. The molecule has 0 radical (unpaired) electrons. The van der Waals surface area contributed by atoms with Crippen LogP contribution in [0.1, 0.15) is 26.7 Å². The first kappa shape index (κ1) is 17.8. The van der Waals surface area contributed by atoms with Gasteiger partial charge >= 0.3 is 0 Å². The summed E-state index contributed by atoms with van der Waals surface area (Å²) in [5.41, 5.74) is 1.47. The van der Waals surface area contributed by atoms with Crippen LogP contribution in [0.2, 0.25) is 0 Å². The number of nitrogens with one attached hydrogen (secondary N) is 3. The van der Waals surface area contributed by atoms with Gasteiger partial charge in [-0.05, 0) is 13.3 Å². The SMILES string of the molecule is CCCC(CNCCNCCNCC(C)=NO)=NO. The summed E-state index contributed by atoms with van der Waals surface area (Å²) in [6.07, 6.45) is 1.81. The zero-order valence-corrected chi connectivity index (χ0v) is 11.9. The molecule has 5 N–H and O–H groups in total. The Labute approximate surface area is 115 Å². The molecule has 0 heterocycles. The summed E-state index contributed by atoms with van der Waals surface area (Å²) in [4.78, 5) is 0. The molecule has 7 heteroatoms. The maximum atomic E-state index is 8.72. The first-order chi connectivity index (χ1) is 9.24. The summed E-state index contributed by atoms with van der Waals surface area (Å²) in [7, 11) is 0. The Morgan fingerprint density at radius 1 is 0.895 bits per heavy atom. The molecule has 0 bridgehead atoms. The van der Waals surface area contributed by atoms with Crippen molar-refractivity contribution in [1.82, 2.24) is 16.0 Å². The summed E-state index contributed by atoms with van der Waals surface area (Å²) in [6, 6.07) is 0. The van der Waals surface area contributed by atoms with Crippen molar-refractivity contribution in [3.63, 3.8) is 0 Å². The lowest BCUT2D eigenvalue weighted by Crippen LogP contribution is -2.35. The van der Waals surface area contributed by atoms with Crippen molar-refractivity contribution in [2.75, 3.05) is 39.3 Å². The van der Waals surface area contributed by atoms with E-state index in [0.29, 0.717) is 18.8 Å². The van der Waals surface area contributed by atoms with E-state index in [-0.39, 0.29) is 0 Å². The van der Waals surface area contributed by atoms with E-state index in [0.717, 1.165) is 44.7 Å². The Morgan fingerprint density at radius 3 is 2.00 bits per heavy atom. The zero-order valence-electron chi connectivity index (χ0n) is 11.9. The summed E-state index contributed by atoms with van der Waals surface area (Å²) in [5.74, 6) is 0. The first-order valence-electron chi connectivity index (χ1n) is 6.74.